The topological polar surface area (TPSA) is 87.3 Å². The van der Waals surface area contributed by atoms with Crippen LogP contribution < -0.4 is 16.0 Å². The molecular weight excluding hydrogens is 325 g/mol. The first-order chi connectivity index (χ1) is 12.0. The van der Waals surface area contributed by atoms with Crippen molar-refractivity contribution < 1.29 is 18.8 Å². The zero-order valence-electron chi connectivity index (χ0n) is 13.2. The van der Waals surface area contributed by atoms with E-state index in [1.54, 1.807) is 0 Å². The van der Waals surface area contributed by atoms with E-state index in [9.17, 15) is 18.8 Å². The number of carbonyl (C=O) groups is 3. The maximum absolute atomic E-state index is 13.9. The molecule has 2 aromatic rings. The summed E-state index contributed by atoms with van der Waals surface area (Å²) >= 11 is 0. The molecule has 7 heteroatoms. The van der Waals surface area contributed by atoms with Crippen molar-refractivity contribution in [1.29, 1.82) is 0 Å². The number of amides is 3. The molecule has 0 aromatic heterocycles. The second kappa shape index (κ2) is 7.12. The van der Waals surface area contributed by atoms with Gasteiger partial charge in [0, 0.05) is 5.69 Å². The number of rotatable bonds is 5. The molecule has 1 unspecified atom stereocenters. The molecule has 1 aliphatic rings. The molecule has 3 N–H and O–H groups in total. The minimum atomic E-state index is -0.703. The lowest BCUT2D eigenvalue weighted by molar-refractivity contribution is -0.125. The van der Waals surface area contributed by atoms with E-state index in [1.807, 2.05) is 30.3 Å². The molecule has 25 heavy (non-hydrogen) atoms. The van der Waals surface area contributed by atoms with Crippen LogP contribution in [0.5, 0.6) is 0 Å². The SMILES string of the molecule is O=C1CC(Nc2ccc(F)c(NC(=O)Cc3ccccc3)c2)C(=O)N1. The lowest BCUT2D eigenvalue weighted by atomic mass is 10.1. The van der Waals surface area contributed by atoms with Crippen LogP contribution in [0.15, 0.2) is 48.5 Å². The molecule has 1 aliphatic heterocycles. The van der Waals surface area contributed by atoms with E-state index in [2.05, 4.69) is 16.0 Å². The number of anilines is 2. The second-order valence-electron chi connectivity index (χ2n) is 5.72. The van der Waals surface area contributed by atoms with E-state index in [0.29, 0.717) is 5.69 Å². The van der Waals surface area contributed by atoms with Crippen molar-refractivity contribution in [2.24, 2.45) is 0 Å². The highest BCUT2D eigenvalue weighted by atomic mass is 19.1. The van der Waals surface area contributed by atoms with Gasteiger partial charge < -0.3 is 10.6 Å². The number of imide groups is 1. The van der Waals surface area contributed by atoms with Crippen LogP contribution in [-0.2, 0) is 20.8 Å². The Morgan fingerprint density at radius 1 is 1.16 bits per heavy atom. The standard InChI is InChI=1S/C18H16FN3O3/c19-13-7-6-12(20-15-10-17(24)22-18(15)25)9-14(13)21-16(23)8-11-4-2-1-3-5-11/h1-7,9,15,20H,8,10H2,(H,21,23)(H,22,24,25). The highest BCUT2D eigenvalue weighted by Gasteiger charge is 2.30. The van der Waals surface area contributed by atoms with E-state index in [4.69, 9.17) is 0 Å². The molecular formula is C18H16FN3O3. The Morgan fingerprint density at radius 2 is 1.92 bits per heavy atom. The second-order valence-corrected chi connectivity index (χ2v) is 5.72. The van der Waals surface area contributed by atoms with Crippen molar-refractivity contribution in [3.63, 3.8) is 0 Å². The fourth-order valence-electron chi connectivity index (χ4n) is 2.56. The monoisotopic (exact) mass is 341 g/mol. The number of hydrogen-bond donors (Lipinski definition) is 3. The fraction of sp³-hybridized carbons (Fsp3) is 0.167. The van der Waals surface area contributed by atoms with Gasteiger partial charge in [-0.3, -0.25) is 19.7 Å². The molecule has 1 heterocycles. The van der Waals surface area contributed by atoms with Crippen LogP contribution in [0.25, 0.3) is 0 Å². The summed E-state index contributed by atoms with van der Waals surface area (Å²) in [6.45, 7) is 0. The largest absolute Gasteiger partial charge is 0.373 e. The van der Waals surface area contributed by atoms with Crippen molar-refractivity contribution >= 4 is 29.1 Å². The van der Waals surface area contributed by atoms with Gasteiger partial charge in [0.15, 0.2) is 0 Å². The predicted molar refractivity (Wildman–Crippen MR) is 90.4 cm³/mol. The molecule has 1 fully saturated rings. The molecule has 6 nitrogen and oxygen atoms in total. The summed E-state index contributed by atoms with van der Waals surface area (Å²) < 4.78 is 13.9. The van der Waals surface area contributed by atoms with Crippen molar-refractivity contribution in [2.75, 3.05) is 10.6 Å². The number of carbonyl (C=O) groups excluding carboxylic acids is 3. The van der Waals surface area contributed by atoms with Gasteiger partial charge in [0.25, 0.3) is 0 Å². The minimum absolute atomic E-state index is 0.00987. The van der Waals surface area contributed by atoms with Gasteiger partial charge in [-0.15, -0.1) is 0 Å². The van der Waals surface area contributed by atoms with Crippen LogP contribution in [-0.4, -0.2) is 23.8 Å². The summed E-state index contributed by atoms with van der Waals surface area (Å²) in [7, 11) is 0. The van der Waals surface area contributed by atoms with E-state index in [1.165, 1.54) is 18.2 Å². The summed E-state index contributed by atoms with van der Waals surface area (Å²) in [5, 5.41) is 7.57. The quantitative estimate of drug-likeness (QED) is 0.724. The van der Waals surface area contributed by atoms with Gasteiger partial charge in [-0.25, -0.2) is 4.39 Å². The van der Waals surface area contributed by atoms with Gasteiger partial charge in [-0.2, -0.15) is 0 Å². The van der Waals surface area contributed by atoms with Crippen LogP contribution >= 0.6 is 0 Å². The lowest BCUT2D eigenvalue weighted by Gasteiger charge is -2.13. The number of nitrogens with one attached hydrogen (secondary N) is 3. The Hall–Kier alpha value is -3.22. The van der Waals surface area contributed by atoms with E-state index in [0.717, 1.165) is 5.56 Å². The van der Waals surface area contributed by atoms with Gasteiger partial charge >= 0.3 is 0 Å². The Balaban J connectivity index is 1.68. The molecule has 1 saturated heterocycles. The number of halogens is 1. The number of benzene rings is 2. The van der Waals surface area contributed by atoms with Gasteiger partial charge in [0.1, 0.15) is 11.9 Å². The Bertz CT molecular complexity index is 824. The average molecular weight is 341 g/mol. The van der Waals surface area contributed by atoms with Gasteiger partial charge in [-0.05, 0) is 23.8 Å². The van der Waals surface area contributed by atoms with Crippen LogP contribution in [0.1, 0.15) is 12.0 Å². The highest BCUT2D eigenvalue weighted by Crippen LogP contribution is 2.22. The van der Waals surface area contributed by atoms with Crippen LogP contribution in [0, 0.1) is 5.82 Å². The van der Waals surface area contributed by atoms with Gasteiger partial charge in [0.05, 0.1) is 18.5 Å². The van der Waals surface area contributed by atoms with E-state index in [-0.39, 0.29) is 30.3 Å². The van der Waals surface area contributed by atoms with Crippen molar-refractivity contribution in [1.82, 2.24) is 5.32 Å². The van der Waals surface area contributed by atoms with Crippen molar-refractivity contribution in [3.8, 4) is 0 Å². The normalized spacial score (nSPS) is 16.4. The summed E-state index contributed by atoms with van der Waals surface area (Å²) in [6.07, 6.45) is 0.142. The Morgan fingerprint density at radius 3 is 2.60 bits per heavy atom. The summed E-state index contributed by atoms with van der Waals surface area (Å²) in [6, 6.07) is 12.4. The van der Waals surface area contributed by atoms with Gasteiger partial charge in [0.2, 0.25) is 17.7 Å². The first kappa shape index (κ1) is 16.6. The number of hydrogen-bond acceptors (Lipinski definition) is 4. The van der Waals surface area contributed by atoms with Crippen LogP contribution in [0.3, 0.4) is 0 Å². The molecule has 0 radical (unpaired) electrons. The van der Waals surface area contributed by atoms with Gasteiger partial charge in [-0.1, -0.05) is 30.3 Å². The molecule has 0 saturated carbocycles. The summed E-state index contributed by atoms with van der Waals surface area (Å²) in [5.74, 6) is -1.72. The highest BCUT2D eigenvalue weighted by molar-refractivity contribution is 6.06. The third-order valence-corrected chi connectivity index (χ3v) is 3.76. The smallest absolute Gasteiger partial charge is 0.249 e. The van der Waals surface area contributed by atoms with E-state index >= 15 is 0 Å². The van der Waals surface area contributed by atoms with Crippen LogP contribution in [0.2, 0.25) is 0 Å². The van der Waals surface area contributed by atoms with Crippen LogP contribution in [0.4, 0.5) is 15.8 Å². The minimum Gasteiger partial charge on any atom is -0.373 e. The van der Waals surface area contributed by atoms with E-state index < -0.39 is 17.8 Å². The molecule has 3 amide bonds. The lowest BCUT2D eigenvalue weighted by Crippen LogP contribution is -2.30. The first-order valence-electron chi connectivity index (χ1n) is 7.75. The Kier molecular flexibility index (Phi) is 4.74. The predicted octanol–water partition coefficient (Wildman–Crippen LogP) is 1.83. The maximum Gasteiger partial charge on any atom is 0.249 e. The molecule has 0 spiro atoms. The van der Waals surface area contributed by atoms with Crippen molar-refractivity contribution in [2.45, 2.75) is 18.9 Å². The molecule has 3 rings (SSSR count). The fourth-order valence-corrected chi connectivity index (χ4v) is 2.56. The average Bonchev–Trinajstić information content (AvgIpc) is 2.89. The Labute approximate surface area is 143 Å². The molecule has 0 aliphatic carbocycles. The maximum atomic E-state index is 13.9. The summed E-state index contributed by atoms with van der Waals surface area (Å²) in [4.78, 5) is 34.9. The first-order valence-corrected chi connectivity index (χ1v) is 7.75. The zero-order valence-corrected chi connectivity index (χ0v) is 13.2. The zero-order chi connectivity index (χ0) is 17.8. The molecule has 1 atom stereocenters. The molecule has 0 bridgehead atoms. The third-order valence-electron chi connectivity index (χ3n) is 3.76. The van der Waals surface area contributed by atoms with Crippen molar-refractivity contribution in [3.05, 3.63) is 59.9 Å². The summed E-state index contributed by atoms with van der Waals surface area (Å²) in [5.41, 5.74) is 1.26. The molecule has 2 aromatic carbocycles. The third kappa shape index (κ3) is 4.20. The molecule has 128 valence electrons.